The van der Waals surface area contributed by atoms with Gasteiger partial charge >= 0.3 is 0 Å². The molecule has 16 heavy (non-hydrogen) atoms. The Hall–Kier alpha value is -1.88. The summed E-state index contributed by atoms with van der Waals surface area (Å²) in [6, 6.07) is 3.96. The fourth-order valence-electron chi connectivity index (χ4n) is 1.51. The van der Waals surface area contributed by atoms with Crippen molar-refractivity contribution in [3.8, 4) is 0 Å². The molecule has 0 bridgehead atoms. The van der Waals surface area contributed by atoms with Crippen molar-refractivity contribution in [2.75, 3.05) is 5.32 Å². The fourth-order valence-corrected chi connectivity index (χ4v) is 2.24. The first-order valence-electron chi connectivity index (χ1n) is 4.86. The van der Waals surface area contributed by atoms with Crippen LogP contribution in [0.2, 0.25) is 0 Å². The first kappa shape index (κ1) is 9.35. The van der Waals surface area contributed by atoms with Gasteiger partial charge in [-0.05, 0) is 17.5 Å². The quantitative estimate of drug-likeness (QED) is 0.753. The number of rotatable bonds is 3. The number of fused-ring (bicyclic) bond motifs is 1. The van der Waals surface area contributed by atoms with Gasteiger partial charge in [-0.1, -0.05) is 0 Å². The predicted octanol–water partition coefficient (Wildman–Crippen LogP) is 2.90. The van der Waals surface area contributed by atoms with Crippen LogP contribution >= 0.6 is 11.3 Å². The highest BCUT2D eigenvalue weighted by Gasteiger charge is 2.04. The lowest BCUT2D eigenvalue weighted by Crippen LogP contribution is -2.00. The van der Waals surface area contributed by atoms with Gasteiger partial charge in [-0.15, -0.1) is 11.3 Å². The zero-order valence-electron chi connectivity index (χ0n) is 8.38. The predicted molar refractivity (Wildman–Crippen MR) is 63.4 cm³/mol. The highest BCUT2D eigenvalue weighted by Crippen LogP contribution is 2.23. The highest BCUT2D eigenvalue weighted by atomic mass is 32.1. The van der Waals surface area contributed by atoms with Gasteiger partial charge < -0.3 is 9.73 Å². The monoisotopic (exact) mass is 231 g/mol. The Morgan fingerprint density at radius 3 is 3.19 bits per heavy atom. The number of nitrogens with one attached hydrogen (secondary N) is 1. The lowest BCUT2D eigenvalue weighted by molar-refractivity contribution is 0.564. The minimum absolute atomic E-state index is 0.707. The number of hydrogen-bond acceptors (Lipinski definition) is 5. The van der Waals surface area contributed by atoms with E-state index in [1.54, 1.807) is 30.2 Å². The third-order valence-corrected chi connectivity index (χ3v) is 3.12. The molecule has 0 aliphatic heterocycles. The number of hydrogen-bond donors (Lipinski definition) is 1. The van der Waals surface area contributed by atoms with Gasteiger partial charge in [0.1, 0.15) is 17.0 Å². The van der Waals surface area contributed by atoms with Crippen molar-refractivity contribution in [3.05, 3.63) is 41.9 Å². The third-order valence-electron chi connectivity index (χ3n) is 2.30. The van der Waals surface area contributed by atoms with Crippen molar-refractivity contribution in [3.63, 3.8) is 0 Å². The summed E-state index contributed by atoms with van der Waals surface area (Å²) < 4.78 is 5.00. The zero-order valence-corrected chi connectivity index (χ0v) is 9.20. The summed E-state index contributed by atoms with van der Waals surface area (Å²) >= 11 is 1.62. The molecule has 80 valence electrons. The Bertz CT molecular complexity index is 588. The van der Waals surface area contributed by atoms with E-state index in [-0.39, 0.29) is 0 Å². The summed E-state index contributed by atoms with van der Waals surface area (Å²) in [5, 5.41) is 6.35. The SMILES string of the molecule is c1nc(NCc2ccoc2)c2ccsc2n1. The van der Waals surface area contributed by atoms with E-state index in [0.717, 1.165) is 21.6 Å². The molecule has 0 amide bonds. The van der Waals surface area contributed by atoms with E-state index in [2.05, 4.69) is 15.3 Å². The van der Waals surface area contributed by atoms with Gasteiger partial charge in [-0.3, -0.25) is 0 Å². The van der Waals surface area contributed by atoms with Crippen LogP contribution in [0.4, 0.5) is 5.82 Å². The van der Waals surface area contributed by atoms with Gasteiger partial charge in [-0.2, -0.15) is 0 Å². The summed E-state index contributed by atoms with van der Waals surface area (Å²) in [4.78, 5) is 9.43. The van der Waals surface area contributed by atoms with Crippen molar-refractivity contribution in [2.45, 2.75) is 6.54 Å². The van der Waals surface area contributed by atoms with Crippen molar-refractivity contribution < 1.29 is 4.42 Å². The molecule has 5 heteroatoms. The van der Waals surface area contributed by atoms with Crippen LogP contribution in [0.3, 0.4) is 0 Å². The molecule has 0 aromatic carbocycles. The van der Waals surface area contributed by atoms with Gasteiger partial charge in [0.05, 0.1) is 17.9 Å². The van der Waals surface area contributed by atoms with Gasteiger partial charge in [-0.25, -0.2) is 9.97 Å². The van der Waals surface area contributed by atoms with Gasteiger partial charge in [0.25, 0.3) is 0 Å². The molecule has 0 radical (unpaired) electrons. The van der Waals surface area contributed by atoms with Crippen LogP contribution in [0.1, 0.15) is 5.56 Å². The second-order valence-electron chi connectivity index (χ2n) is 3.35. The molecule has 1 N–H and O–H groups in total. The van der Waals surface area contributed by atoms with Crippen molar-refractivity contribution in [2.24, 2.45) is 0 Å². The van der Waals surface area contributed by atoms with Gasteiger partial charge in [0.2, 0.25) is 0 Å². The topological polar surface area (TPSA) is 51.0 Å². The standard InChI is InChI=1S/C11H9N3OS/c1-3-15-6-8(1)5-12-10-9-2-4-16-11(9)14-7-13-10/h1-4,6-7H,5H2,(H,12,13,14). The smallest absolute Gasteiger partial charge is 0.138 e. The Morgan fingerprint density at radius 1 is 1.31 bits per heavy atom. The van der Waals surface area contributed by atoms with Crippen LogP contribution in [-0.4, -0.2) is 9.97 Å². The van der Waals surface area contributed by atoms with Crippen LogP contribution < -0.4 is 5.32 Å². The van der Waals surface area contributed by atoms with E-state index in [4.69, 9.17) is 4.42 Å². The minimum atomic E-state index is 0.707. The second-order valence-corrected chi connectivity index (χ2v) is 4.24. The van der Waals surface area contributed by atoms with Crippen molar-refractivity contribution in [1.29, 1.82) is 0 Å². The number of anilines is 1. The molecule has 0 spiro atoms. The summed E-state index contributed by atoms with van der Waals surface area (Å²) in [7, 11) is 0. The van der Waals surface area contributed by atoms with E-state index in [9.17, 15) is 0 Å². The van der Waals surface area contributed by atoms with Crippen molar-refractivity contribution >= 4 is 27.4 Å². The molecule has 0 fully saturated rings. The summed E-state index contributed by atoms with van der Waals surface area (Å²) in [5.74, 6) is 0.868. The molecule has 0 unspecified atom stereocenters. The van der Waals surface area contributed by atoms with Gasteiger partial charge in [0, 0.05) is 12.1 Å². The molecule has 3 aromatic rings. The second kappa shape index (κ2) is 3.94. The molecule has 3 heterocycles. The molecule has 0 aliphatic carbocycles. The largest absolute Gasteiger partial charge is 0.472 e. The maximum atomic E-state index is 5.00. The Balaban J connectivity index is 1.86. The first-order chi connectivity index (χ1) is 7.93. The molecule has 0 aliphatic rings. The van der Waals surface area contributed by atoms with E-state index in [1.807, 2.05) is 17.5 Å². The molecule has 0 saturated heterocycles. The number of nitrogens with zero attached hydrogens (tertiary/aromatic N) is 2. The lowest BCUT2D eigenvalue weighted by atomic mass is 10.3. The summed E-state index contributed by atoms with van der Waals surface area (Å²) in [6.45, 7) is 0.707. The van der Waals surface area contributed by atoms with Gasteiger partial charge in [0.15, 0.2) is 0 Å². The molecule has 0 atom stereocenters. The number of thiophene rings is 1. The van der Waals surface area contributed by atoms with E-state index in [0.29, 0.717) is 6.54 Å². The third kappa shape index (κ3) is 1.65. The highest BCUT2D eigenvalue weighted by molar-refractivity contribution is 7.16. The van der Waals surface area contributed by atoms with E-state index < -0.39 is 0 Å². The van der Waals surface area contributed by atoms with Crippen molar-refractivity contribution in [1.82, 2.24) is 9.97 Å². The Labute approximate surface area is 96.0 Å². The average Bonchev–Trinajstić information content (AvgIpc) is 2.97. The lowest BCUT2D eigenvalue weighted by Gasteiger charge is -2.03. The molecular weight excluding hydrogens is 222 g/mol. The normalized spacial score (nSPS) is 10.8. The minimum Gasteiger partial charge on any atom is -0.472 e. The maximum absolute atomic E-state index is 5.00. The molecule has 3 aromatic heterocycles. The van der Waals surface area contributed by atoms with Crippen LogP contribution in [-0.2, 0) is 6.54 Å². The number of furan rings is 1. The summed E-state index contributed by atoms with van der Waals surface area (Å²) in [6.07, 6.45) is 4.96. The maximum Gasteiger partial charge on any atom is 0.138 e. The first-order valence-corrected chi connectivity index (χ1v) is 5.74. The van der Waals surface area contributed by atoms with Crippen LogP contribution in [0, 0.1) is 0 Å². The van der Waals surface area contributed by atoms with Crippen LogP contribution in [0.15, 0.2) is 40.8 Å². The fraction of sp³-hybridized carbons (Fsp3) is 0.0909. The Kier molecular flexibility index (Phi) is 2.30. The Morgan fingerprint density at radius 2 is 2.31 bits per heavy atom. The van der Waals surface area contributed by atoms with E-state index in [1.165, 1.54) is 0 Å². The molecule has 3 rings (SSSR count). The average molecular weight is 231 g/mol. The zero-order chi connectivity index (χ0) is 10.8. The summed E-state index contributed by atoms with van der Waals surface area (Å²) in [5.41, 5.74) is 1.10. The molecule has 0 saturated carbocycles. The van der Waals surface area contributed by atoms with Crippen LogP contribution in [0.25, 0.3) is 10.2 Å². The van der Waals surface area contributed by atoms with Crippen LogP contribution in [0.5, 0.6) is 0 Å². The molecular formula is C11H9N3OS. The molecule has 4 nitrogen and oxygen atoms in total. The number of aromatic nitrogens is 2. The van der Waals surface area contributed by atoms with E-state index >= 15 is 0 Å².